The van der Waals surface area contributed by atoms with E-state index in [-0.39, 0.29) is 5.69 Å². The summed E-state index contributed by atoms with van der Waals surface area (Å²) in [6.07, 6.45) is 0. The molecule has 0 spiro atoms. The van der Waals surface area contributed by atoms with E-state index in [2.05, 4.69) is 31.3 Å². The molecule has 2 aromatic rings. The summed E-state index contributed by atoms with van der Waals surface area (Å²) in [5.41, 5.74) is 2.49. The normalized spacial score (nSPS) is 10.8. The quantitative estimate of drug-likeness (QED) is 0.841. The number of hydrogen-bond acceptors (Lipinski definition) is 1. The molecule has 0 aliphatic heterocycles. The number of benzene rings is 2. The van der Waals surface area contributed by atoms with Crippen LogP contribution in [0.2, 0.25) is 0 Å². The second-order valence-electron chi connectivity index (χ2n) is 4.87. The highest BCUT2D eigenvalue weighted by molar-refractivity contribution is 5.45. The summed E-state index contributed by atoms with van der Waals surface area (Å²) in [4.78, 5) is 0. The van der Waals surface area contributed by atoms with Crippen molar-refractivity contribution >= 4 is 5.69 Å². The average Bonchev–Trinajstić information content (AvgIpc) is 2.40. The molecule has 0 aliphatic rings. The third kappa shape index (κ3) is 3.53. The fraction of sp³-hybridized carbons (Fsp3) is 0.250. The zero-order valence-corrected chi connectivity index (χ0v) is 11.1. The lowest BCUT2D eigenvalue weighted by Crippen LogP contribution is -2.02. The Morgan fingerprint density at radius 1 is 1.00 bits per heavy atom. The average molecular weight is 261 g/mol. The van der Waals surface area contributed by atoms with E-state index in [1.54, 1.807) is 0 Å². The van der Waals surface area contributed by atoms with E-state index in [0.717, 1.165) is 23.8 Å². The molecule has 0 saturated heterocycles. The van der Waals surface area contributed by atoms with Gasteiger partial charge in [0, 0.05) is 6.54 Å². The highest BCUT2D eigenvalue weighted by Crippen LogP contribution is 2.18. The fourth-order valence-electron chi connectivity index (χ4n) is 1.85. The SMILES string of the molecule is CC(C)c1ccc(CNc2cc(F)ccc2F)cc1. The van der Waals surface area contributed by atoms with Gasteiger partial charge in [-0.1, -0.05) is 38.1 Å². The van der Waals surface area contributed by atoms with Crippen LogP contribution in [0.5, 0.6) is 0 Å². The first-order valence-corrected chi connectivity index (χ1v) is 6.34. The maximum Gasteiger partial charge on any atom is 0.146 e. The van der Waals surface area contributed by atoms with Crippen LogP contribution in [0.25, 0.3) is 0 Å². The standard InChI is InChI=1S/C16H17F2N/c1-11(2)13-5-3-12(4-6-13)10-19-16-9-14(17)7-8-15(16)18/h3-9,11,19H,10H2,1-2H3. The van der Waals surface area contributed by atoms with Crippen molar-refractivity contribution in [1.29, 1.82) is 0 Å². The van der Waals surface area contributed by atoms with E-state index in [9.17, 15) is 8.78 Å². The number of halogens is 2. The molecule has 0 bridgehead atoms. The Hall–Kier alpha value is -1.90. The molecule has 0 amide bonds. The van der Waals surface area contributed by atoms with Gasteiger partial charge in [-0.25, -0.2) is 8.78 Å². The molecule has 1 nitrogen and oxygen atoms in total. The van der Waals surface area contributed by atoms with Crippen LogP contribution in [-0.2, 0) is 6.54 Å². The molecule has 100 valence electrons. The summed E-state index contributed by atoms with van der Waals surface area (Å²) < 4.78 is 26.4. The highest BCUT2D eigenvalue weighted by Gasteiger charge is 2.04. The first-order valence-electron chi connectivity index (χ1n) is 6.34. The van der Waals surface area contributed by atoms with Crippen molar-refractivity contribution in [3.63, 3.8) is 0 Å². The van der Waals surface area contributed by atoms with Crippen LogP contribution in [0, 0.1) is 11.6 Å². The Labute approximate surface area is 112 Å². The number of anilines is 1. The van der Waals surface area contributed by atoms with Crippen molar-refractivity contribution < 1.29 is 8.78 Å². The smallest absolute Gasteiger partial charge is 0.146 e. The summed E-state index contributed by atoms with van der Waals surface area (Å²) in [7, 11) is 0. The molecule has 2 aromatic carbocycles. The van der Waals surface area contributed by atoms with E-state index >= 15 is 0 Å². The summed E-state index contributed by atoms with van der Waals surface area (Å²) >= 11 is 0. The highest BCUT2D eigenvalue weighted by atomic mass is 19.1. The Morgan fingerprint density at radius 2 is 1.68 bits per heavy atom. The first kappa shape index (κ1) is 13.5. The molecule has 0 saturated carbocycles. The van der Waals surface area contributed by atoms with Gasteiger partial charge in [-0.3, -0.25) is 0 Å². The summed E-state index contributed by atoms with van der Waals surface area (Å²) in [5.74, 6) is -0.401. The molecule has 0 aromatic heterocycles. The minimum Gasteiger partial charge on any atom is -0.379 e. The lowest BCUT2D eigenvalue weighted by Gasteiger charge is -2.09. The molecular weight excluding hydrogens is 244 g/mol. The van der Waals surface area contributed by atoms with Gasteiger partial charge in [0.2, 0.25) is 0 Å². The van der Waals surface area contributed by atoms with Gasteiger partial charge in [-0.2, -0.15) is 0 Å². The molecular formula is C16H17F2N. The van der Waals surface area contributed by atoms with E-state index in [1.165, 1.54) is 5.56 Å². The van der Waals surface area contributed by atoms with Crippen molar-refractivity contribution in [2.24, 2.45) is 0 Å². The van der Waals surface area contributed by atoms with Crippen LogP contribution >= 0.6 is 0 Å². The van der Waals surface area contributed by atoms with E-state index in [0.29, 0.717) is 12.5 Å². The minimum absolute atomic E-state index is 0.188. The molecule has 0 heterocycles. The van der Waals surface area contributed by atoms with E-state index in [4.69, 9.17) is 0 Å². The Kier molecular flexibility index (Phi) is 4.15. The zero-order chi connectivity index (χ0) is 13.8. The van der Waals surface area contributed by atoms with Crippen LogP contribution in [0.15, 0.2) is 42.5 Å². The third-order valence-corrected chi connectivity index (χ3v) is 3.06. The molecule has 2 rings (SSSR count). The van der Waals surface area contributed by atoms with Gasteiger partial charge in [0.15, 0.2) is 0 Å². The molecule has 0 fully saturated rings. The van der Waals surface area contributed by atoms with E-state index < -0.39 is 11.6 Å². The maximum absolute atomic E-state index is 13.4. The van der Waals surface area contributed by atoms with Gasteiger partial charge >= 0.3 is 0 Å². The molecule has 0 radical (unpaired) electrons. The molecule has 0 aliphatic carbocycles. The zero-order valence-electron chi connectivity index (χ0n) is 11.1. The van der Waals surface area contributed by atoms with Crippen molar-refractivity contribution in [2.45, 2.75) is 26.3 Å². The van der Waals surface area contributed by atoms with Gasteiger partial charge in [0.25, 0.3) is 0 Å². The summed E-state index contributed by atoms with van der Waals surface area (Å²) in [6.45, 7) is 4.74. The van der Waals surface area contributed by atoms with Crippen molar-refractivity contribution in [3.05, 3.63) is 65.2 Å². The second kappa shape index (κ2) is 5.83. The van der Waals surface area contributed by atoms with Crippen LogP contribution in [0.4, 0.5) is 14.5 Å². The number of nitrogens with one attached hydrogen (secondary N) is 1. The summed E-state index contributed by atoms with van der Waals surface area (Å²) in [6, 6.07) is 11.5. The Balaban J connectivity index is 2.04. The topological polar surface area (TPSA) is 12.0 Å². The first-order chi connectivity index (χ1) is 9.06. The third-order valence-electron chi connectivity index (χ3n) is 3.06. The van der Waals surface area contributed by atoms with Gasteiger partial charge in [-0.15, -0.1) is 0 Å². The summed E-state index contributed by atoms with van der Waals surface area (Å²) in [5, 5.41) is 2.90. The van der Waals surface area contributed by atoms with Crippen LogP contribution in [0.1, 0.15) is 30.9 Å². The number of rotatable bonds is 4. The van der Waals surface area contributed by atoms with Crippen LogP contribution < -0.4 is 5.32 Å². The molecule has 0 atom stereocenters. The molecule has 3 heteroatoms. The van der Waals surface area contributed by atoms with Crippen LogP contribution in [0.3, 0.4) is 0 Å². The van der Waals surface area contributed by atoms with Gasteiger partial charge < -0.3 is 5.32 Å². The lowest BCUT2D eigenvalue weighted by atomic mass is 10.0. The van der Waals surface area contributed by atoms with Crippen molar-refractivity contribution in [1.82, 2.24) is 0 Å². The molecule has 1 N–H and O–H groups in total. The Morgan fingerprint density at radius 3 is 2.32 bits per heavy atom. The maximum atomic E-state index is 13.4. The number of hydrogen-bond donors (Lipinski definition) is 1. The van der Waals surface area contributed by atoms with Gasteiger partial charge in [-0.05, 0) is 35.2 Å². The lowest BCUT2D eigenvalue weighted by molar-refractivity contribution is 0.602. The Bertz CT molecular complexity index is 547. The predicted octanol–water partition coefficient (Wildman–Crippen LogP) is 4.70. The monoisotopic (exact) mass is 261 g/mol. The van der Waals surface area contributed by atoms with Gasteiger partial charge in [0.1, 0.15) is 11.6 Å². The minimum atomic E-state index is -0.445. The van der Waals surface area contributed by atoms with E-state index in [1.807, 2.05) is 12.1 Å². The van der Waals surface area contributed by atoms with Crippen molar-refractivity contribution in [3.8, 4) is 0 Å². The van der Waals surface area contributed by atoms with Crippen LogP contribution in [-0.4, -0.2) is 0 Å². The second-order valence-corrected chi connectivity index (χ2v) is 4.87. The molecule has 19 heavy (non-hydrogen) atoms. The molecule has 0 unspecified atom stereocenters. The van der Waals surface area contributed by atoms with Crippen molar-refractivity contribution in [2.75, 3.05) is 5.32 Å². The fourth-order valence-corrected chi connectivity index (χ4v) is 1.85. The predicted molar refractivity (Wildman–Crippen MR) is 74.2 cm³/mol. The largest absolute Gasteiger partial charge is 0.379 e. The van der Waals surface area contributed by atoms with Gasteiger partial charge in [0.05, 0.1) is 5.69 Å².